The van der Waals surface area contributed by atoms with E-state index in [1.54, 1.807) is 0 Å². The third-order valence-corrected chi connectivity index (χ3v) is 11.2. The highest BCUT2D eigenvalue weighted by molar-refractivity contribution is 6.25. The molecule has 2 nitrogen and oxygen atoms in total. The van der Waals surface area contributed by atoms with Crippen LogP contribution < -0.4 is 0 Å². The minimum Gasteiger partial charge on any atom is -0.228 e. The van der Waals surface area contributed by atoms with E-state index in [0.717, 1.165) is 33.6 Å². The number of hydrogen-bond acceptors (Lipinski definition) is 2. The molecule has 11 rings (SSSR count). The van der Waals surface area contributed by atoms with Gasteiger partial charge in [-0.3, -0.25) is 0 Å². The molecular weight excluding hydrogens is 677 g/mol. The standard InChI is InChI=1S/C54H34N2/c1-2-11-41(12-3-1)54-55-50(34-51(56-54)48-21-9-13-36-10-4-5-20-46(36)48)37-24-22-35(23-25-37)42-16-7-17-43(32-42)44-18-8-19-45(33-44)47-30-28-40-27-26-38-14-6-15-39-29-31-49(47)53(40)52(38)39/h1-34H. The number of benzene rings is 10. The van der Waals surface area contributed by atoms with Crippen molar-refractivity contribution >= 4 is 43.1 Å². The summed E-state index contributed by atoms with van der Waals surface area (Å²) in [5.41, 5.74) is 12.1. The lowest BCUT2D eigenvalue weighted by Crippen LogP contribution is -1.96. The van der Waals surface area contributed by atoms with Gasteiger partial charge < -0.3 is 0 Å². The summed E-state index contributed by atoms with van der Waals surface area (Å²) in [5.74, 6) is 0.715. The molecule has 0 atom stereocenters. The molecule has 0 fully saturated rings. The van der Waals surface area contributed by atoms with Crippen molar-refractivity contribution in [2.45, 2.75) is 0 Å². The maximum absolute atomic E-state index is 5.10. The zero-order valence-corrected chi connectivity index (χ0v) is 30.5. The van der Waals surface area contributed by atoms with Crippen LogP contribution in [0.4, 0.5) is 0 Å². The van der Waals surface area contributed by atoms with Crippen molar-refractivity contribution in [2.24, 2.45) is 0 Å². The van der Waals surface area contributed by atoms with Crippen molar-refractivity contribution < 1.29 is 0 Å². The molecule has 56 heavy (non-hydrogen) atoms. The van der Waals surface area contributed by atoms with Gasteiger partial charge in [0.15, 0.2) is 5.82 Å². The average Bonchev–Trinajstić information content (AvgIpc) is 3.28. The van der Waals surface area contributed by atoms with Crippen LogP contribution in [-0.2, 0) is 0 Å². The van der Waals surface area contributed by atoms with Gasteiger partial charge in [-0.2, -0.15) is 0 Å². The maximum atomic E-state index is 5.10. The van der Waals surface area contributed by atoms with Gasteiger partial charge >= 0.3 is 0 Å². The summed E-state index contributed by atoms with van der Waals surface area (Å²) < 4.78 is 0. The molecule has 0 aliphatic heterocycles. The molecule has 0 bridgehead atoms. The Kier molecular flexibility index (Phi) is 7.53. The predicted molar refractivity (Wildman–Crippen MR) is 236 cm³/mol. The molecular formula is C54H34N2. The number of fused-ring (bicyclic) bond motifs is 1. The van der Waals surface area contributed by atoms with Crippen molar-refractivity contribution in [3.8, 4) is 67.3 Å². The van der Waals surface area contributed by atoms with Crippen molar-refractivity contribution in [3.05, 3.63) is 206 Å². The van der Waals surface area contributed by atoms with Crippen LogP contribution in [0, 0.1) is 0 Å². The summed E-state index contributed by atoms with van der Waals surface area (Å²) in [6.07, 6.45) is 0. The third kappa shape index (κ3) is 5.51. The predicted octanol–water partition coefficient (Wildman–Crippen LogP) is 14.5. The molecule has 10 aromatic carbocycles. The van der Waals surface area contributed by atoms with Crippen LogP contribution >= 0.6 is 0 Å². The normalized spacial score (nSPS) is 11.6. The van der Waals surface area contributed by atoms with Gasteiger partial charge in [0.25, 0.3) is 0 Å². The van der Waals surface area contributed by atoms with E-state index in [9.17, 15) is 0 Å². The average molecular weight is 711 g/mol. The summed E-state index contributed by atoms with van der Waals surface area (Å²) in [7, 11) is 0. The van der Waals surface area contributed by atoms with Gasteiger partial charge in [-0.05, 0) is 94.7 Å². The highest BCUT2D eigenvalue weighted by atomic mass is 14.9. The van der Waals surface area contributed by atoms with Gasteiger partial charge in [-0.15, -0.1) is 0 Å². The summed E-state index contributed by atoms with van der Waals surface area (Å²) in [5, 5.41) is 10.2. The Balaban J connectivity index is 0.947. The molecule has 0 saturated heterocycles. The lowest BCUT2D eigenvalue weighted by Gasteiger charge is -2.15. The van der Waals surface area contributed by atoms with E-state index in [4.69, 9.17) is 9.97 Å². The third-order valence-electron chi connectivity index (χ3n) is 11.2. The lowest BCUT2D eigenvalue weighted by atomic mass is 9.89. The number of aromatic nitrogens is 2. The second-order valence-electron chi connectivity index (χ2n) is 14.6. The fraction of sp³-hybridized carbons (Fsp3) is 0. The first-order valence-electron chi connectivity index (χ1n) is 19.1. The van der Waals surface area contributed by atoms with E-state index in [2.05, 4.69) is 188 Å². The van der Waals surface area contributed by atoms with Crippen molar-refractivity contribution in [1.29, 1.82) is 0 Å². The van der Waals surface area contributed by atoms with Gasteiger partial charge in [0.1, 0.15) is 0 Å². The molecule has 0 amide bonds. The molecule has 0 aliphatic rings. The van der Waals surface area contributed by atoms with E-state index in [0.29, 0.717) is 5.82 Å². The van der Waals surface area contributed by atoms with Crippen molar-refractivity contribution in [3.63, 3.8) is 0 Å². The highest BCUT2D eigenvalue weighted by Crippen LogP contribution is 2.40. The Bertz CT molecular complexity index is 3210. The van der Waals surface area contributed by atoms with Gasteiger partial charge in [-0.25, -0.2) is 9.97 Å². The van der Waals surface area contributed by atoms with Crippen LogP contribution in [0.15, 0.2) is 206 Å². The molecule has 0 spiro atoms. The SMILES string of the molecule is c1ccc(-c2nc(-c3ccc(-c4cccc(-c5cccc(-c6ccc7ccc8cccc9ccc6c7c89)c5)c4)cc3)cc(-c3cccc4ccccc34)n2)cc1. The Morgan fingerprint density at radius 1 is 0.250 bits per heavy atom. The molecule has 0 radical (unpaired) electrons. The second kappa shape index (κ2) is 13.2. The monoisotopic (exact) mass is 710 g/mol. The fourth-order valence-electron chi connectivity index (χ4n) is 8.46. The summed E-state index contributed by atoms with van der Waals surface area (Å²) in [6, 6.07) is 74.1. The minimum absolute atomic E-state index is 0.715. The first-order chi connectivity index (χ1) is 27.7. The van der Waals surface area contributed by atoms with E-state index in [-0.39, 0.29) is 0 Å². The first-order valence-corrected chi connectivity index (χ1v) is 19.1. The largest absolute Gasteiger partial charge is 0.228 e. The van der Waals surface area contributed by atoms with Gasteiger partial charge in [0, 0.05) is 16.7 Å². The molecule has 11 aromatic rings. The number of rotatable bonds is 6. The van der Waals surface area contributed by atoms with E-state index in [1.165, 1.54) is 70.9 Å². The molecule has 260 valence electrons. The Morgan fingerprint density at radius 2 is 0.786 bits per heavy atom. The van der Waals surface area contributed by atoms with E-state index in [1.807, 2.05) is 18.2 Å². The van der Waals surface area contributed by atoms with Crippen LogP contribution in [0.1, 0.15) is 0 Å². The minimum atomic E-state index is 0.715. The van der Waals surface area contributed by atoms with Crippen LogP contribution in [0.25, 0.3) is 110 Å². The molecule has 0 unspecified atom stereocenters. The molecule has 0 N–H and O–H groups in total. The first kappa shape index (κ1) is 32.0. The molecule has 2 heteroatoms. The van der Waals surface area contributed by atoms with E-state index < -0.39 is 0 Å². The Labute approximate surface area is 325 Å². The van der Waals surface area contributed by atoms with Gasteiger partial charge in [0.05, 0.1) is 11.4 Å². The zero-order valence-electron chi connectivity index (χ0n) is 30.5. The van der Waals surface area contributed by atoms with Crippen LogP contribution in [0.2, 0.25) is 0 Å². The smallest absolute Gasteiger partial charge is 0.160 e. The summed E-state index contributed by atoms with van der Waals surface area (Å²) >= 11 is 0. The number of hydrogen-bond donors (Lipinski definition) is 0. The fourth-order valence-corrected chi connectivity index (χ4v) is 8.46. The van der Waals surface area contributed by atoms with Crippen molar-refractivity contribution in [1.82, 2.24) is 9.97 Å². The number of nitrogens with zero attached hydrogens (tertiary/aromatic N) is 2. The van der Waals surface area contributed by atoms with Crippen LogP contribution in [0.5, 0.6) is 0 Å². The zero-order chi connectivity index (χ0) is 37.0. The molecule has 1 aromatic heterocycles. The second-order valence-corrected chi connectivity index (χ2v) is 14.6. The van der Waals surface area contributed by atoms with Crippen LogP contribution in [-0.4, -0.2) is 9.97 Å². The quantitative estimate of drug-likeness (QED) is 0.161. The Morgan fingerprint density at radius 3 is 1.59 bits per heavy atom. The summed E-state index contributed by atoms with van der Waals surface area (Å²) in [6.45, 7) is 0. The maximum Gasteiger partial charge on any atom is 0.160 e. The lowest BCUT2D eigenvalue weighted by molar-refractivity contribution is 1.18. The molecule has 0 aliphatic carbocycles. The van der Waals surface area contributed by atoms with Gasteiger partial charge in [-0.1, -0.05) is 188 Å². The van der Waals surface area contributed by atoms with Crippen molar-refractivity contribution in [2.75, 3.05) is 0 Å². The van der Waals surface area contributed by atoms with Crippen LogP contribution in [0.3, 0.4) is 0 Å². The Hall–Kier alpha value is -7.42. The van der Waals surface area contributed by atoms with E-state index >= 15 is 0 Å². The molecule has 1 heterocycles. The highest BCUT2D eigenvalue weighted by Gasteiger charge is 2.15. The molecule has 0 saturated carbocycles. The summed E-state index contributed by atoms with van der Waals surface area (Å²) in [4.78, 5) is 10.2. The topological polar surface area (TPSA) is 25.8 Å². The van der Waals surface area contributed by atoms with Gasteiger partial charge in [0.2, 0.25) is 0 Å².